The van der Waals surface area contributed by atoms with E-state index in [0.717, 1.165) is 4.90 Å². The first-order valence-electron chi connectivity index (χ1n) is 4.15. The standard InChI is InChI=1S/C10H6ClFN2S/c11-7-1-3-8(4-2-7)15-10-5-9(12)13-6-14-10/h1-6H. The molecule has 1 heterocycles. The van der Waals surface area contributed by atoms with Gasteiger partial charge in [-0.1, -0.05) is 23.4 Å². The second-order valence-corrected chi connectivity index (χ2v) is 4.27. The molecule has 2 aromatic rings. The van der Waals surface area contributed by atoms with E-state index in [1.807, 2.05) is 12.1 Å². The van der Waals surface area contributed by atoms with E-state index in [9.17, 15) is 4.39 Å². The Morgan fingerprint density at radius 2 is 1.87 bits per heavy atom. The van der Waals surface area contributed by atoms with E-state index in [2.05, 4.69) is 9.97 Å². The number of halogens is 2. The molecule has 0 atom stereocenters. The molecule has 2 nitrogen and oxygen atoms in total. The van der Waals surface area contributed by atoms with Crippen LogP contribution in [0.3, 0.4) is 0 Å². The van der Waals surface area contributed by atoms with Gasteiger partial charge < -0.3 is 0 Å². The quantitative estimate of drug-likeness (QED) is 0.753. The van der Waals surface area contributed by atoms with Gasteiger partial charge in [0, 0.05) is 16.0 Å². The molecule has 0 bridgehead atoms. The summed E-state index contributed by atoms with van der Waals surface area (Å²) >= 11 is 7.11. The van der Waals surface area contributed by atoms with Gasteiger partial charge in [0.2, 0.25) is 5.95 Å². The van der Waals surface area contributed by atoms with Gasteiger partial charge in [-0.25, -0.2) is 9.97 Å². The van der Waals surface area contributed by atoms with Gasteiger partial charge in [0.05, 0.1) is 0 Å². The van der Waals surface area contributed by atoms with Crippen molar-refractivity contribution in [3.05, 3.63) is 47.6 Å². The van der Waals surface area contributed by atoms with Crippen molar-refractivity contribution in [3.8, 4) is 0 Å². The van der Waals surface area contributed by atoms with Crippen LogP contribution in [0.4, 0.5) is 4.39 Å². The fraction of sp³-hybridized carbons (Fsp3) is 0. The van der Waals surface area contributed by atoms with Crippen molar-refractivity contribution >= 4 is 23.4 Å². The summed E-state index contributed by atoms with van der Waals surface area (Å²) in [6, 6.07) is 8.56. The molecule has 1 aromatic carbocycles. The molecule has 0 saturated heterocycles. The minimum atomic E-state index is -0.526. The molecule has 0 saturated carbocycles. The maximum absolute atomic E-state index is 12.7. The summed E-state index contributed by atoms with van der Waals surface area (Å²) in [5.74, 6) is -0.526. The molecule has 0 fully saturated rings. The molecule has 0 spiro atoms. The van der Waals surface area contributed by atoms with Gasteiger partial charge in [-0.2, -0.15) is 4.39 Å². The molecule has 0 aliphatic rings. The number of aromatic nitrogens is 2. The summed E-state index contributed by atoms with van der Waals surface area (Å²) in [6.45, 7) is 0. The minimum Gasteiger partial charge on any atom is -0.229 e. The number of benzene rings is 1. The Bertz CT molecular complexity index is 461. The predicted octanol–water partition coefficient (Wildman–Crippen LogP) is 3.42. The average molecular weight is 241 g/mol. The first-order valence-corrected chi connectivity index (χ1v) is 5.34. The lowest BCUT2D eigenvalue weighted by Crippen LogP contribution is -1.86. The average Bonchev–Trinajstić information content (AvgIpc) is 2.22. The first kappa shape index (κ1) is 10.4. The van der Waals surface area contributed by atoms with Crippen molar-refractivity contribution in [2.45, 2.75) is 9.92 Å². The van der Waals surface area contributed by atoms with Crippen LogP contribution in [-0.4, -0.2) is 9.97 Å². The highest BCUT2D eigenvalue weighted by atomic mass is 35.5. The fourth-order valence-corrected chi connectivity index (χ4v) is 1.89. The number of hydrogen-bond donors (Lipinski definition) is 0. The van der Waals surface area contributed by atoms with E-state index in [4.69, 9.17) is 11.6 Å². The van der Waals surface area contributed by atoms with E-state index in [1.165, 1.54) is 24.2 Å². The largest absolute Gasteiger partial charge is 0.229 e. The van der Waals surface area contributed by atoms with Crippen LogP contribution in [-0.2, 0) is 0 Å². The summed E-state index contributed by atoms with van der Waals surface area (Å²) in [5.41, 5.74) is 0. The lowest BCUT2D eigenvalue weighted by Gasteiger charge is -1.99. The molecule has 0 radical (unpaired) electrons. The third kappa shape index (κ3) is 2.91. The molecule has 0 aliphatic heterocycles. The number of nitrogens with zero attached hydrogens (tertiary/aromatic N) is 2. The molecule has 0 unspecified atom stereocenters. The van der Waals surface area contributed by atoms with Crippen LogP contribution >= 0.6 is 23.4 Å². The van der Waals surface area contributed by atoms with Crippen LogP contribution in [0.15, 0.2) is 46.6 Å². The highest BCUT2D eigenvalue weighted by Crippen LogP contribution is 2.26. The third-order valence-electron chi connectivity index (χ3n) is 1.64. The highest BCUT2D eigenvalue weighted by molar-refractivity contribution is 7.99. The first-order chi connectivity index (χ1) is 7.24. The van der Waals surface area contributed by atoms with Crippen LogP contribution < -0.4 is 0 Å². The van der Waals surface area contributed by atoms with Gasteiger partial charge in [-0.3, -0.25) is 0 Å². The van der Waals surface area contributed by atoms with E-state index in [0.29, 0.717) is 10.0 Å². The zero-order chi connectivity index (χ0) is 10.7. The zero-order valence-electron chi connectivity index (χ0n) is 7.52. The Morgan fingerprint density at radius 1 is 1.13 bits per heavy atom. The van der Waals surface area contributed by atoms with Gasteiger partial charge >= 0.3 is 0 Å². The van der Waals surface area contributed by atoms with E-state index in [1.54, 1.807) is 12.1 Å². The molecule has 1 aromatic heterocycles. The molecular formula is C10H6ClFN2S. The number of hydrogen-bond acceptors (Lipinski definition) is 3. The smallest absolute Gasteiger partial charge is 0.217 e. The Kier molecular flexibility index (Phi) is 3.18. The molecule has 0 aliphatic carbocycles. The van der Waals surface area contributed by atoms with Crippen molar-refractivity contribution in [1.29, 1.82) is 0 Å². The van der Waals surface area contributed by atoms with Gasteiger partial charge in [0.15, 0.2) is 0 Å². The van der Waals surface area contributed by atoms with E-state index < -0.39 is 5.95 Å². The summed E-state index contributed by atoms with van der Waals surface area (Å²) in [5, 5.41) is 1.25. The zero-order valence-corrected chi connectivity index (χ0v) is 9.10. The van der Waals surface area contributed by atoms with Crippen molar-refractivity contribution < 1.29 is 4.39 Å². The Balaban J connectivity index is 2.18. The van der Waals surface area contributed by atoms with E-state index >= 15 is 0 Å². The molecule has 2 rings (SSSR count). The van der Waals surface area contributed by atoms with Crippen molar-refractivity contribution in [2.24, 2.45) is 0 Å². The SMILES string of the molecule is Fc1cc(Sc2ccc(Cl)cc2)ncn1. The van der Waals surface area contributed by atoms with Crippen LogP contribution in [0.5, 0.6) is 0 Å². The topological polar surface area (TPSA) is 25.8 Å². The summed E-state index contributed by atoms with van der Waals surface area (Å²) in [4.78, 5) is 8.28. The maximum Gasteiger partial charge on any atom is 0.217 e. The van der Waals surface area contributed by atoms with Crippen LogP contribution in [0, 0.1) is 5.95 Å². The van der Waals surface area contributed by atoms with Crippen molar-refractivity contribution in [2.75, 3.05) is 0 Å². The number of rotatable bonds is 2. The maximum atomic E-state index is 12.7. The van der Waals surface area contributed by atoms with Gasteiger partial charge in [0.25, 0.3) is 0 Å². The molecule has 0 amide bonds. The van der Waals surface area contributed by atoms with E-state index in [-0.39, 0.29) is 0 Å². The van der Waals surface area contributed by atoms with Crippen LogP contribution in [0.25, 0.3) is 0 Å². The summed E-state index contributed by atoms with van der Waals surface area (Å²) < 4.78 is 12.7. The normalized spacial score (nSPS) is 10.3. The third-order valence-corrected chi connectivity index (χ3v) is 2.84. The van der Waals surface area contributed by atoms with Gasteiger partial charge in [-0.05, 0) is 24.3 Å². The van der Waals surface area contributed by atoms with Crippen LogP contribution in [0.1, 0.15) is 0 Å². The van der Waals surface area contributed by atoms with Gasteiger partial charge in [0.1, 0.15) is 11.4 Å². The summed E-state index contributed by atoms with van der Waals surface area (Å²) in [6.07, 6.45) is 1.20. The molecule has 15 heavy (non-hydrogen) atoms. The fourth-order valence-electron chi connectivity index (χ4n) is 0.997. The molecule has 76 valence electrons. The molecular weight excluding hydrogens is 235 g/mol. The second kappa shape index (κ2) is 4.59. The predicted molar refractivity (Wildman–Crippen MR) is 57.6 cm³/mol. The van der Waals surface area contributed by atoms with Crippen molar-refractivity contribution in [3.63, 3.8) is 0 Å². The van der Waals surface area contributed by atoms with Crippen LogP contribution in [0.2, 0.25) is 5.02 Å². The summed E-state index contributed by atoms with van der Waals surface area (Å²) in [7, 11) is 0. The molecule has 5 heteroatoms. The molecule has 0 N–H and O–H groups in total. The van der Waals surface area contributed by atoms with Gasteiger partial charge in [-0.15, -0.1) is 0 Å². The van der Waals surface area contributed by atoms with Crippen molar-refractivity contribution in [1.82, 2.24) is 9.97 Å². The Hall–Kier alpha value is -1.13. The monoisotopic (exact) mass is 240 g/mol. The minimum absolute atomic E-state index is 0.526. The Morgan fingerprint density at radius 3 is 2.53 bits per heavy atom. The lowest BCUT2D eigenvalue weighted by atomic mass is 10.4. The Labute approximate surface area is 95.5 Å². The lowest BCUT2D eigenvalue weighted by molar-refractivity contribution is 0.572. The second-order valence-electron chi connectivity index (χ2n) is 2.73. The highest BCUT2D eigenvalue weighted by Gasteiger charge is 2.00.